The molecule has 1 heterocycles. The summed E-state index contributed by atoms with van der Waals surface area (Å²) in [5.41, 5.74) is 3.50. The molecule has 1 amide bonds. The van der Waals surface area contributed by atoms with E-state index in [4.69, 9.17) is 17.0 Å². The molecule has 0 radical (unpaired) electrons. The van der Waals surface area contributed by atoms with Gasteiger partial charge in [0.25, 0.3) is 5.91 Å². The van der Waals surface area contributed by atoms with Crippen molar-refractivity contribution in [1.29, 1.82) is 0 Å². The van der Waals surface area contributed by atoms with Gasteiger partial charge in [0.15, 0.2) is 4.32 Å². The lowest BCUT2D eigenvalue weighted by Crippen LogP contribution is -2.27. The lowest BCUT2D eigenvalue weighted by atomic mass is 10.2. The van der Waals surface area contributed by atoms with Crippen LogP contribution in [0.1, 0.15) is 16.7 Å². The van der Waals surface area contributed by atoms with Crippen molar-refractivity contribution < 1.29 is 13.9 Å². The molecule has 1 aliphatic heterocycles. The van der Waals surface area contributed by atoms with Crippen LogP contribution in [-0.2, 0) is 11.4 Å². The Morgan fingerprint density at radius 3 is 2.44 bits per heavy atom. The van der Waals surface area contributed by atoms with Crippen LogP contribution in [0.3, 0.4) is 0 Å². The summed E-state index contributed by atoms with van der Waals surface area (Å²) in [6.45, 7) is 2.28. The normalized spacial score (nSPS) is 15.0. The third-order valence-electron chi connectivity index (χ3n) is 4.67. The molecule has 0 atom stereocenters. The number of benzene rings is 3. The van der Waals surface area contributed by atoms with Gasteiger partial charge in [-0.05, 0) is 97.9 Å². The zero-order valence-corrected chi connectivity index (χ0v) is 21.6. The van der Waals surface area contributed by atoms with E-state index in [9.17, 15) is 9.18 Å². The quantitative estimate of drug-likeness (QED) is 0.225. The van der Waals surface area contributed by atoms with Gasteiger partial charge in [-0.25, -0.2) is 4.39 Å². The molecule has 3 nitrogen and oxygen atoms in total. The molecule has 1 aliphatic rings. The minimum absolute atomic E-state index is 0.144. The number of thiocarbonyl (C=S) groups is 1. The molecule has 0 spiro atoms. The lowest BCUT2D eigenvalue weighted by Gasteiger charge is -2.15. The summed E-state index contributed by atoms with van der Waals surface area (Å²) in [4.78, 5) is 15.1. The van der Waals surface area contributed by atoms with Crippen LogP contribution in [-0.4, -0.2) is 10.2 Å². The van der Waals surface area contributed by atoms with Crippen LogP contribution in [0.5, 0.6) is 5.75 Å². The van der Waals surface area contributed by atoms with E-state index < -0.39 is 0 Å². The molecule has 0 unspecified atom stereocenters. The van der Waals surface area contributed by atoms with Gasteiger partial charge in [-0.2, -0.15) is 0 Å². The third-order valence-corrected chi connectivity index (χ3v) is 7.15. The van der Waals surface area contributed by atoms with Gasteiger partial charge in [0, 0.05) is 0 Å². The summed E-state index contributed by atoms with van der Waals surface area (Å²) in [7, 11) is 0. The Bertz CT molecular complexity index is 1220. The first-order valence-corrected chi connectivity index (χ1v) is 12.3. The average molecular weight is 593 g/mol. The summed E-state index contributed by atoms with van der Waals surface area (Å²) in [6.07, 6.45) is 1.81. The summed E-state index contributed by atoms with van der Waals surface area (Å²) in [6, 6.07) is 17.6. The maximum atomic E-state index is 13.1. The minimum atomic E-state index is -0.284. The molecule has 1 saturated heterocycles. The Hall–Kier alpha value is -2.00. The van der Waals surface area contributed by atoms with E-state index in [-0.39, 0.29) is 11.7 Å². The van der Waals surface area contributed by atoms with Crippen molar-refractivity contribution in [2.24, 2.45) is 0 Å². The number of carbonyl (C=O) groups is 1. The van der Waals surface area contributed by atoms with Gasteiger partial charge in [0.05, 0.1) is 19.5 Å². The Morgan fingerprint density at radius 2 is 1.78 bits per heavy atom. The molecule has 0 aliphatic carbocycles. The number of halogens is 3. The van der Waals surface area contributed by atoms with Crippen molar-refractivity contribution in [3.63, 3.8) is 0 Å². The fourth-order valence-corrected chi connectivity index (χ4v) is 5.90. The van der Waals surface area contributed by atoms with E-state index in [1.807, 2.05) is 49.4 Å². The molecule has 162 valence electrons. The van der Waals surface area contributed by atoms with Crippen molar-refractivity contribution in [1.82, 2.24) is 0 Å². The number of hydrogen-bond donors (Lipinski definition) is 0. The van der Waals surface area contributed by atoms with Crippen LogP contribution in [0.4, 0.5) is 10.1 Å². The van der Waals surface area contributed by atoms with Crippen molar-refractivity contribution >= 4 is 77.8 Å². The standard InChI is InChI=1S/C24H16Br2FNO2S2/c1-14-3-2-4-18(9-14)28-23(29)21(32-24(28)31)12-16-10-19(25)22(20(26)11-16)30-13-15-5-7-17(27)8-6-15/h2-12H,13H2,1H3/b21-12-. The number of thioether (sulfide) groups is 1. The van der Waals surface area contributed by atoms with Crippen molar-refractivity contribution in [3.05, 3.63) is 97.0 Å². The van der Waals surface area contributed by atoms with Crippen LogP contribution in [0.25, 0.3) is 6.08 Å². The Balaban J connectivity index is 1.54. The maximum Gasteiger partial charge on any atom is 0.270 e. The lowest BCUT2D eigenvalue weighted by molar-refractivity contribution is -0.113. The molecule has 32 heavy (non-hydrogen) atoms. The van der Waals surface area contributed by atoms with E-state index in [1.54, 1.807) is 17.0 Å². The minimum Gasteiger partial charge on any atom is -0.487 e. The van der Waals surface area contributed by atoms with Gasteiger partial charge in [-0.15, -0.1) is 0 Å². The van der Waals surface area contributed by atoms with Gasteiger partial charge in [0.2, 0.25) is 0 Å². The second-order valence-corrected chi connectivity index (χ2v) is 10.5. The topological polar surface area (TPSA) is 29.5 Å². The van der Waals surface area contributed by atoms with Crippen LogP contribution in [0.2, 0.25) is 0 Å². The molecule has 0 bridgehead atoms. The summed E-state index contributed by atoms with van der Waals surface area (Å²) in [5.74, 6) is 0.196. The van der Waals surface area contributed by atoms with Gasteiger partial charge >= 0.3 is 0 Å². The molecule has 1 fully saturated rings. The van der Waals surface area contributed by atoms with Crippen LogP contribution in [0.15, 0.2) is 74.5 Å². The molecule has 8 heteroatoms. The number of anilines is 1. The van der Waals surface area contributed by atoms with Crippen LogP contribution in [0, 0.1) is 12.7 Å². The first-order valence-electron chi connectivity index (χ1n) is 9.53. The molecular formula is C24H16Br2FNO2S2. The second-order valence-electron chi connectivity index (χ2n) is 7.08. The van der Waals surface area contributed by atoms with Crippen molar-refractivity contribution in [3.8, 4) is 5.75 Å². The van der Waals surface area contributed by atoms with E-state index >= 15 is 0 Å². The number of carbonyl (C=O) groups excluding carboxylic acids is 1. The monoisotopic (exact) mass is 591 g/mol. The molecule has 3 aromatic rings. The zero-order chi connectivity index (χ0) is 22.8. The van der Waals surface area contributed by atoms with E-state index in [0.717, 1.165) is 31.3 Å². The smallest absolute Gasteiger partial charge is 0.270 e. The molecule has 0 saturated carbocycles. The Morgan fingerprint density at radius 1 is 1.09 bits per heavy atom. The SMILES string of the molecule is Cc1cccc(N2C(=O)/C(=C/c3cc(Br)c(OCc4ccc(F)cc4)c(Br)c3)SC2=S)c1. The number of amides is 1. The van der Waals surface area contributed by atoms with Crippen molar-refractivity contribution in [2.75, 3.05) is 4.90 Å². The van der Waals surface area contributed by atoms with Crippen molar-refractivity contribution in [2.45, 2.75) is 13.5 Å². The first kappa shape index (κ1) is 23.2. The predicted octanol–water partition coefficient (Wildman–Crippen LogP) is 7.64. The van der Waals surface area contributed by atoms with E-state index in [2.05, 4.69) is 31.9 Å². The third kappa shape index (κ3) is 5.14. The van der Waals surface area contributed by atoms with Gasteiger partial charge in [-0.1, -0.05) is 48.2 Å². The fourth-order valence-electron chi connectivity index (χ4n) is 3.15. The molecular weight excluding hydrogens is 577 g/mol. The Kier molecular flexibility index (Phi) is 7.14. The van der Waals surface area contributed by atoms with Gasteiger partial charge < -0.3 is 4.74 Å². The Labute approximate surface area is 211 Å². The number of aryl methyl sites for hydroxylation is 1. The number of rotatable bonds is 5. The zero-order valence-electron chi connectivity index (χ0n) is 16.8. The number of nitrogens with zero attached hydrogens (tertiary/aromatic N) is 1. The molecule has 3 aromatic carbocycles. The highest BCUT2D eigenvalue weighted by atomic mass is 79.9. The second kappa shape index (κ2) is 9.87. The highest BCUT2D eigenvalue weighted by Gasteiger charge is 2.33. The largest absolute Gasteiger partial charge is 0.487 e. The highest BCUT2D eigenvalue weighted by molar-refractivity contribution is 9.11. The van der Waals surface area contributed by atoms with Crippen LogP contribution >= 0.6 is 55.8 Å². The maximum absolute atomic E-state index is 13.1. The van der Waals surface area contributed by atoms with Crippen LogP contribution < -0.4 is 9.64 Å². The highest BCUT2D eigenvalue weighted by Crippen LogP contribution is 2.39. The van der Waals surface area contributed by atoms with E-state index in [1.165, 1.54) is 23.9 Å². The van der Waals surface area contributed by atoms with Gasteiger partial charge in [0.1, 0.15) is 18.2 Å². The first-order chi connectivity index (χ1) is 15.3. The van der Waals surface area contributed by atoms with E-state index in [0.29, 0.717) is 21.6 Å². The summed E-state index contributed by atoms with van der Waals surface area (Å²) < 4.78 is 21.0. The fraction of sp³-hybridized carbons (Fsp3) is 0.0833. The summed E-state index contributed by atoms with van der Waals surface area (Å²) >= 11 is 13.8. The molecule has 0 N–H and O–H groups in total. The predicted molar refractivity (Wildman–Crippen MR) is 139 cm³/mol. The number of ether oxygens (including phenoxy) is 1. The number of hydrogen-bond acceptors (Lipinski definition) is 4. The average Bonchev–Trinajstić information content (AvgIpc) is 3.01. The van der Waals surface area contributed by atoms with Gasteiger partial charge in [-0.3, -0.25) is 9.69 Å². The molecule has 4 rings (SSSR count). The molecule has 0 aromatic heterocycles. The summed E-state index contributed by atoms with van der Waals surface area (Å²) in [5, 5.41) is 0.